The van der Waals surface area contributed by atoms with E-state index in [-0.39, 0.29) is 16.9 Å². The van der Waals surface area contributed by atoms with E-state index in [1.165, 1.54) is 18.2 Å². The third-order valence-corrected chi connectivity index (χ3v) is 4.11. The molecule has 5 heteroatoms. The maximum Gasteiger partial charge on any atom is 0.141 e. The molecule has 0 saturated heterocycles. The van der Waals surface area contributed by atoms with Gasteiger partial charge < -0.3 is 5.32 Å². The van der Waals surface area contributed by atoms with Gasteiger partial charge in [0.05, 0.1) is 5.02 Å². The Balaban J connectivity index is 2.06. The Morgan fingerprint density at radius 2 is 1.95 bits per heavy atom. The van der Waals surface area contributed by atoms with Gasteiger partial charge in [0.15, 0.2) is 0 Å². The quantitative estimate of drug-likeness (QED) is 0.787. The average Bonchev–Trinajstić information content (AvgIpc) is 2.42. The van der Waals surface area contributed by atoms with Crippen LogP contribution < -0.4 is 5.32 Å². The van der Waals surface area contributed by atoms with Crippen LogP contribution in [0.4, 0.5) is 8.78 Å². The van der Waals surface area contributed by atoms with E-state index in [0.717, 1.165) is 15.6 Å². The summed E-state index contributed by atoms with van der Waals surface area (Å²) in [5, 5.41) is 3.35. The van der Waals surface area contributed by atoms with Gasteiger partial charge in [-0.1, -0.05) is 33.6 Å². The fourth-order valence-electron chi connectivity index (χ4n) is 1.84. The Morgan fingerprint density at radius 3 is 2.65 bits per heavy atom. The lowest BCUT2D eigenvalue weighted by Crippen LogP contribution is -2.18. The van der Waals surface area contributed by atoms with Crippen LogP contribution in [0.3, 0.4) is 0 Å². The normalized spacial score (nSPS) is 12.4. The minimum Gasteiger partial charge on any atom is -0.306 e. The molecule has 0 spiro atoms. The van der Waals surface area contributed by atoms with Crippen molar-refractivity contribution >= 4 is 27.5 Å². The van der Waals surface area contributed by atoms with Gasteiger partial charge in [-0.15, -0.1) is 0 Å². The Morgan fingerprint density at radius 1 is 1.20 bits per heavy atom. The zero-order chi connectivity index (χ0) is 14.7. The van der Waals surface area contributed by atoms with Crippen LogP contribution in [0.5, 0.6) is 0 Å². The molecule has 0 aliphatic rings. The smallest absolute Gasteiger partial charge is 0.141 e. The zero-order valence-corrected chi connectivity index (χ0v) is 13.1. The molecule has 0 heterocycles. The van der Waals surface area contributed by atoms with E-state index in [0.29, 0.717) is 6.54 Å². The standard InChI is InChI=1S/C15H13BrClF2N/c1-9(10-2-5-15(19)14(17)7-10)20-8-11-6-12(18)3-4-13(11)16/h2-7,9,20H,8H2,1H3. The van der Waals surface area contributed by atoms with Gasteiger partial charge in [-0.25, -0.2) is 8.78 Å². The highest BCUT2D eigenvalue weighted by molar-refractivity contribution is 9.10. The van der Waals surface area contributed by atoms with E-state index < -0.39 is 5.82 Å². The van der Waals surface area contributed by atoms with Gasteiger partial charge in [0.25, 0.3) is 0 Å². The zero-order valence-electron chi connectivity index (χ0n) is 10.8. The summed E-state index contributed by atoms with van der Waals surface area (Å²) in [7, 11) is 0. The molecule has 0 aliphatic heterocycles. The highest BCUT2D eigenvalue weighted by atomic mass is 79.9. The molecule has 0 amide bonds. The van der Waals surface area contributed by atoms with Crippen molar-refractivity contribution in [3.63, 3.8) is 0 Å². The Bertz CT molecular complexity index is 619. The number of hydrogen-bond donors (Lipinski definition) is 1. The van der Waals surface area contributed by atoms with Crippen LogP contribution in [-0.2, 0) is 6.54 Å². The van der Waals surface area contributed by atoms with Gasteiger partial charge >= 0.3 is 0 Å². The van der Waals surface area contributed by atoms with E-state index >= 15 is 0 Å². The molecule has 0 fully saturated rings. The summed E-state index contributed by atoms with van der Waals surface area (Å²) in [6.07, 6.45) is 0. The summed E-state index contributed by atoms with van der Waals surface area (Å²) >= 11 is 9.14. The number of hydrogen-bond acceptors (Lipinski definition) is 1. The highest BCUT2D eigenvalue weighted by Gasteiger charge is 2.09. The van der Waals surface area contributed by atoms with Crippen molar-refractivity contribution in [2.45, 2.75) is 19.5 Å². The molecule has 0 saturated carbocycles. The number of nitrogens with one attached hydrogen (secondary N) is 1. The third-order valence-electron chi connectivity index (χ3n) is 3.05. The van der Waals surface area contributed by atoms with Crippen molar-refractivity contribution in [3.05, 3.63) is 68.7 Å². The SMILES string of the molecule is CC(NCc1cc(F)ccc1Br)c1ccc(F)c(Cl)c1. The molecule has 20 heavy (non-hydrogen) atoms. The molecule has 106 valence electrons. The van der Waals surface area contributed by atoms with Crippen LogP contribution in [0.25, 0.3) is 0 Å². The van der Waals surface area contributed by atoms with Crippen molar-refractivity contribution < 1.29 is 8.78 Å². The van der Waals surface area contributed by atoms with Crippen LogP contribution in [0.2, 0.25) is 5.02 Å². The molecule has 0 bridgehead atoms. The lowest BCUT2D eigenvalue weighted by atomic mass is 10.1. The van der Waals surface area contributed by atoms with Crippen LogP contribution in [0, 0.1) is 11.6 Å². The van der Waals surface area contributed by atoms with E-state index in [1.807, 2.05) is 6.92 Å². The lowest BCUT2D eigenvalue weighted by molar-refractivity contribution is 0.565. The summed E-state index contributed by atoms with van der Waals surface area (Å²) in [6, 6.07) is 9.13. The van der Waals surface area contributed by atoms with Gasteiger partial charge in [-0.2, -0.15) is 0 Å². The molecular weight excluding hydrogens is 348 g/mol. The van der Waals surface area contributed by atoms with Gasteiger partial charge in [0.1, 0.15) is 11.6 Å². The van der Waals surface area contributed by atoms with Crippen LogP contribution >= 0.6 is 27.5 Å². The second kappa shape index (κ2) is 6.66. The fourth-order valence-corrected chi connectivity index (χ4v) is 2.42. The molecule has 2 aromatic carbocycles. The van der Waals surface area contributed by atoms with Gasteiger partial charge in [0, 0.05) is 17.1 Å². The third kappa shape index (κ3) is 3.78. The number of benzene rings is 2. The Labute approximate surface area is 130 Å². The van der Waals surface area contributed by atoms with Crippen molar-refractivity contribution in [2.75, 3.05) is 0 Å². The maximum atomic E-state index is 13.2. The first kappa shape index (κ1) is 15.4. The van der Waals surface area contributed by atoms with Crippen LogP contribution in [-0.4, -0.2) is 0 Å². The largest absolute Gasteiger partial charge is 0.306 e. The van der Waals surface area contributed by atoms with Gasteiger partial charge in [-0.05, 0) is 48.4 Å². The summed E-state index contributed by atoms with van der Waals surface area (Å²) in [4.78, 5) is 0. The molecule has 2 aromatic rings. The first-order chi connectivity index (χ1) is 9.47. The first-order valence-electron chi connectivity index (χ1n) is 6.09. The summed E-state index contributed by atoms with van der Waals surface area (Å²) in [5.41, 5.74) is 1.70. The Kier molecular flexibility index (Phi) is 5.13. The number of halogens is 4. The van der Waals surface area contributed by atoms with Gasteiger partial charge in [0.2, 0.25) is 0 Å². The monoisotopic (exact) mass is 359 g/mol. The highest BCUT2D eigenvalue weighted by Crippen LogP contribution is 2.22. The van der Waals surface area contributed by atoms with Crippen LogP contribution in [0.1, 0.15) is 24.1 Å². The summed E-state index contributed by atoms with van der Waals surface area (Å²) in [5.74, 6) is -0.710. The summed E-state index contributed by atoms with van der Waals surface area (Å²) in [6.45, 7) is 2.44. The molecule has 1 unspecified atom stereocenters. The predicted octanol–water partition coefficient (Wildman–Crippen LogP) is 5.23. The molecule has 1 atom stereocenters. The molecule has 0 aliphatic carbocycles. The molecule has 1 nitrogen and oxygen atoms in total. The van der Waals surface area contributed by atoms with Crippen molar-refractivity contribution in [3.8, 4) is 0 Å². The summed E-state index contributed by atoms with van der Waals surface area (Å²) < 4.78 is 27.1. The average molecular weight is 361 g/mol. The second-order valence-electron chi connectivity index (χ2n) is 4.51. The molecule has 0 aromatic heterocycles. The minimum atomic E-state index is -0.435. The first-order valence-corrected chi connectivity index (χ1v) is 7.26. The molecule has 0 radical (unpaired) electrons. The topological polar surface area (TPSA) is 12.0 Å². The van der Waals surface area contributed by atoms with E-state index in [2.05, 4.69) is 21.2 Å². The van der Waals surface area contributed by atoms with Crippen molar-refractivity contribution in [1.82, 2.24) is 5.32 Å². The predicted molar refractivity (Wildman–Crippen MR) is 80.8 cm³/mol. The lowest BCUT2D eigenvalue weighted by Gasteiger charge is -2.15. The van der Waals surface area contributed by atoms with Gasteiger partial charge in [-0.3, -0.25) is 0 Å². The minimum absolute atomic E-state index is 0.0248. The van der Waals surface area contributed by atoms with Crippen molar-refractivity contribution in [1.29, 1.82) is 0 Å². The molecule has 1 N–H and O–H groups in total. The number of rotatable bonds is 4. The van der Waals surface area contributed by atoms with E-state index in [1.54, 1.807) is 18.2 Å². The van der Waals surface area contributed by atoms with E-state index in [4.69, 9.17) is 11.6 Å². The maximum absolute atomic E-state index is 13.2. The Hall–Kier alpha value is -0.970. The second-order valence-corrected chi connectivity index (χ2v) is 5.77. The molecular formula is C15H13BrClF2N. The van der Waals surface area contributed by atoms with E-state index in [9.17, 15) is 8.78 Å². The van der Waals surface area contributed by atoms with Crippen molar-refractivity contribution in [2.24, 2.45) is 0 Å². The molecule has 2 rings (SSSR count). The van der Waals surface area contributed by atoms with Crippen LogP contribution in [0.15, 0.2) is 40.9 Å². The fraction of sp³-hybridized carbons (Fsp3) is 0.200.